The molecule has 112 valence electrons. The lowest BCUT2D eigenvalue weighted by Gasteiger charge is -2.12. The molecule has 0 aliphatic carbocycles. The molecule has 0 saturated carbocycles. The molecule has 2 unspecified atom stereocenters. The molecule has 0 bridgehead atoms. The minimum Gasteiger partial charge on any atom is -0.457 e. The minimum atomic E-state index is 0.605. The summed E-state index contributed by atoms with van der Waals surface area (Å²) in [6.07, 6.45) is 2.33. The van der Waals surface area contributed by atoms with Crippen LogP contribution in [0.2, 0.25) is 0 Å². The van der Waals surface area contributed by atoms with Crippen LogP contribution in [-0.2, 0) is 0 Å². The minimum absolute atomic E-state index is 0.605. The van der Waals surface area contributed by atoms with Crippen LogP contribution in [0, 0.1) is 0 Å². The standard InChI is InChI=1S/C20H26O/c1-5-15(3)17-7-11-19(12-8-17)21-20-13-9-18(10-14-20)16(4)6-2/h7-16H,5-6H2,1-4H3. The lowest BCUT2D eigenvalue weighted by molar-refractivity contribution is 0.482. The highest BCUT2D eigenvalue weighted by atomic mass is 16.5. The summed E-state index contributed by atoms with van der Waals surface area (Å²) in [5.74, 6) is 3.01. The van der Waals surface area contributed by atoms with E-state index in [1.165, 1.54) is 11.1 Å². The maximum atomic E-state index is 5.92. The number of benzene rings is 2. The number of hydrogen-bond acceptors (Lipinski definition) is 1. The van der Waals surface area contributed by atoms with Crippen LogP contribution in [0.4, 0.5) is 0 Å². The average Bonchev–Trinajstić information content (AvgIpc) is 2.55. The van der Waals surface area contributed by atoms with Gasteiger partial charge in [0.15, 0.2) is 0 Å². The second-order valence-electron chi connectivity index (χ2n) is 5.86. The number of hydrogen-bond donors (Lipinski definition) is 0. The quantitative estimate of drug-likeness (QED) is 0.587. The van der Waals surface area contributed by atoms with E-state index in [9.17, 15) is 0 Å². The van der Waals surface area contributed by atoms with Gasteiger partial charge in [0.25, 0.3) is 0 Å². The fourth-order valence-electron chi connectivity index (χ4n) is 2.34. The molecule has 0 aromatic heterocycles. The zero-order valence-electron chi connectivity index (χ0n) is 13.6. The van der Waals surface area contributed by atoms with Crippen molar-refractivity contribution in [2.24, 2.45) is 0 Å². The summed E-state index contributed by atoms with van der Waals surface area (Å²) in [6, 6.07) is 16.9. The summed E-state index contributed by atoms with van der Waals surface area (Å²) in [7, 11) is 0. The van der Waals surface area contributed by atoms with Gasteiger partial charge in [0.1, 0.15) is 11.5 Å². The topological polar surface area (TPSA) is 9.23 Å². The van der Waals surface area contributed by atoms with Crippen molar-refractivity contribution in [3.63, 3.8) is 0 Å². The molecule has 0 aliphatic heterocycles. The smallest absolute Gasteiger partial charge is 0.127 e. The van der Waals surface area contributed by atoms with E-state index >= 15 is 0 Å². The Hall–Kier alpha value is -1.76. The van der Waals surface area contributed by atoms with Crippen LogP contribution >= 0.6 is 0 Å². The van der Waals surface area contributed by atoms with E-state index in [-0.39, 0.29) is 0 Å². The largest absolute Gasteiger partial charge is 0.457 e. The fourth-order valence-corrected chi connectivity index (χ4v) is 2.34. The van der Waals surface area contributed by atoms with Crippen molar-refractivity contribution in [3.8, 4) is 11.5 Å². The van der Waals surface area contributed by atoms with Gasteiger partial charge in [-0.2, -0.15) is 0 Å². The molecular formula is C20H26O. The number of rotatable bonds is 6. The molecule has 0 radical (unpaired) electrons. The second-order valence-corrected chi connectivity index (χ2v) is 5.86. The van der Waals surface area contributed by atoms with E-state index in [1.807, 2.05) is 0 Å². The van der Waals surface area contributed by atoms with E-state index in [2.05, 4.69) is 76.2 Å². The molecule has 21 heavy (non-hydrogen) atoms. The molecule has 2 rings (SSSR count). The van der Waals surface area contributed by atoms with Crippen molar-refractivity contribution < 1.29 is 4.74 Å². The monoisotopic (exact) mass is 282 g/mol. The van der Waals surface area contributed by atoms with Gasteiger partial charge in [-0.3, -0.25) is 0 Å². The Morgan fingerprint density at radius 2 is 1.00 bits per heavy atom. The SMILES string of the molecule is CCC(C)c1ccc(Oc2ccc(C(C)CC)cc2)cc1. The van der Waals surface area contributed by atoms with Crippen LogP contribution in [0.25, 0.3) is 0 Å². The van der Waals surface area contributed by atoms with Gasteiger partial charge < -0.3 is 4.74 Å². The maximum Gasteiger partial charge on any atom is 0.127 e. The highest BCUT2D eigenvalue weighted by Crippen LogP contribution is 2.27. The van der Waals surface area contributed by atoms with E-state index in [4.69, 9.17) is 4.74 Å². The summed E-state index contributed by atoms with van der Waals surface area (Å²) in [5, 5.41) is 0. The van der Waals surface area contributed by atoms with Gasteiger partial charge in [0, 0.05) is 0 Å². The lowest BCUT2D eigenvalue weighted by atomic mass is 9.98. The lowest BCUT2D eigenvalue weighted by Crippen LogP contribution is -1.92. The Morgan fingerprint density at radius 3 is 1.29 bits per heavy atom. The third-order valence-electron chi connectivity index (χ3n) is 4.36. The molecule has 0 N–H and O–H groups in total. The predicted molar refractivity (Wildman–Crippen MR) is 90.4 cm³/mol. The molecule has 2 aromatic rings. The second kappa shape index (κ2) is 7.31. The molecule has 2 aromatic carbocycles. The molecule has 0 saturated heterocycles. The molecule has 0 fully saturated rings. The van der Waals surface area contributed by atoms with Gasteiger partial charge in [0.2, 0.25) is 0 Å². The molecule has 0 spiro atoms. The average molecular weight is 282 g/mol. The summed E-state index contributed by atoms with van der Waals surface area (Å²) < 4.78 is 5.92. The molecule has 0 heterocycles. The first-order chi connectivity index (χ1) is 10.1. The molecule has 2 atom stereocenters. The van der Waals surface area contributed by atoms with Crippen molar-refractivity contribution in [1.82, 2.24) is 0 Å². The van der Waals surface area contributed by atoms with Crippen LogP contribution in [0.1, 0.15) is 63.5 Å². The van der Waals surface area contributed by atoms with Crippen molar-refractivity contribution in [1.29, 1.82) is 0 Å². The predicted octanol–water partition coefficient (Wildman–Crippen LogP) is 6.51. The molecular weight excluding hydrogens is 256 g/mol. The molecule has 1 heteroatoms. The summed E-state index contributed by atoms with van der Waals surface area (Å²) in [6.45, 7) is 8.94. The normalized spacial score (nSPS) is 13.7. The van der Waals surface area contributed by atoms with Crippen molar-refractivity contribution in [3.05, 3.63) is 59.7 Å². The van der Waals surface area contributed by atoms with E-state index in [0.717, 1.165) is 24.3 Å². The van der Waals surface area contributed by atoms with Crippen molar-refractivity contribution >= 4 is 0 Å². The Bertz CT molecular complexity index is 488. The van der Waals surface area contributed by atoms with Gasteiger partial charge >= 0.3 is 0 Å². The highest BCUT2D eigenvalue weighted by molar-refractivity contribution is 5.35. The maximum absolute atomic E-state index is 5.92. The van der Waals surface area contributed by atoms with Crippen LogP contribution in [0.5, 0.6) is 11.5 Å². The third kappa shape index (κ3) is 4.10. The van der Waals surface area contributed by atoms with Crippen molar-refractivity contribution in [2.45, 2.75) is 52.4 Å². The first-order valence-corrected chi connectivity index (χ1v) is 8.01. The third-order valence-corrected chi connectivity index (χ3v) is 4.36. The van der Waals surface area contributed by atoms with Gasteiger partial charge in [-0.25, -0.2) is 0 Å². The summed E-state index contributed by atoms with van der Waals surface area (Å²) in [5.41, 5.74) is 2.74. The van der Waals surface area contributed by atoms with E-state index < -0.39 is 0 Å². The zero-order valence-corrected chi connectivity index (χ0v) is 13.6. The Labute approximate surface area is 129 Å². The van der Waals surface area contributed by atoms with Gasteiger partial charge in [-0.15, -0.1) is 0 Å². The van der Waals surface area contributed by atoms with Crippen LogP contribution in [0.15, 0.2) is 48.5 Å². The molecule has 0 aliphatic rings. The van der Waals surface area contributed by atoms with E-state index in [1.54, 1.807) is 0 Å². The Kier molecular flexibility index (Phi) is 5.44. The van der Waals surface area contributed by atoms with Crippen LogP contribution in [-0.4, -0.2) is 0 Å². The number of ether oxygens (including phenoxy) is 1. The summed E-state index contributed by atoms with van der Waals surface area (Å²) in [4.78, 5) is 0. The fraction of sp³-hybridized carbons (Fsp3) is 0.400. The van der Waals surface area contributed by atoms with Gasteiger partial charge in [0.05, 0.1) is 0 Å². The highest BCUT2D eigenvalue weighted by Gasteiger charge is 2.05. The van der Waals surface area contributed by atoms with E-state index in [0.29, 0.717) is 11.8 Å². The molecule has 0 amide bonds. The van der Waals surface area contributed by atoms with Gasteiger partial charge in [-0.1, -0.05) is 52.0 Å². The first kappa shape index (κ1) is 15.6. The van der Waals surface area contributed by atoms with Crippen LogP contribution < -0.4 is 4.74 Å². The Balaban J connectivity index is 2.04. The first-order valence-electron chi connectivity index (χ1n) is 8.01. The molecule has 1 nitrogen and oxygen atoms in total. The summed E-state index contributed by atoms with van der Waals surface area (Å²) >= 11 is 0. The van der Waals surface area contributed by atoms with Crippen molar-refractivity contribution in [2.75, 3.05) is 0 Å². The Morgan fingerprint density at radius 1 is 0.667 bits per heavy atom. The van der Waals surface area contributed by atoms with Crippen LogP contribution in [0.3, 0.4) is 0 Å². The van der Waals surface area contributed by atoms with Gasteiger partial charge in [-0.05, 0) is 60.1 Å². The zero-order chi connectivity index (χ0) is 15.2.